The third-order valence-corrected chi connectivity index (χ3v) is 2.80. The van der Waals surface area contributed by atoms with Crippen molar-refractivity contribution in [3.05, 3.63) is 48.0 Å². The van der Waals surface area contributed by atoms with Crippen LogP contribution in [0.15, 0.2) is 42.5 Å². The Hall–Kier alpha value is -2.40. The van der Waals surface area contributed by atoms with E-state index >= 15 is 0 Å². The maximum atomic E-state index is 11.9. The van der Waals surface area contributed by atoms with Gasteiger partial charge in [-0.1, -0.05) is 30.3 Å². The lowest BCUT2D eigenvalue weighted by Crippen LogP contribution is -2.43. The summed E-state index contributed by atoms with van der Waals surface area (Å²) in [5.41, 5.74) is 0.360. The number of aliphatic hydroxyl groups excluding tert-OH is 1. The highest BCUT2D eigenvalue weighted by Gasteiger charge is 2.19. The Morgan fingerprint density at radius 3 is 2.42 bits per heavy atom. The van der Waals surface area contributed by atoms with Crippen LogP contribution in [0.2, 0.25) is 0 Å². The summed E-state index contributed by atoms with van der Waals surface area (Å²) in [4.78, 5) is 22.6. The van der Waals surface area contributed by atoms with Crippen molar-refractivity contribution < 1.29 is 19.8 Å². The summed E-state index contributed by atoms with van der Waals surface area (Å²) in [5, 5.41) is 21.8. The molecule has 0 aliphatic carbocycles. The third-order valence-electron chi connectivity index (χ3n) is 2.80. The molecule has 0 unspecified atom stereocenters. The first-order valence-electron chi connectivity index (χ1n) is 5.75. The number of hydrogen-bond donors (Lipinski definition) is 3. The molecule has 0 heterocycles. The van der Waals surface area contributed by atoms with Crippen LogP contribution in [0, 0.1) is 0 Å². The number of carbonyl (C=O) groups excluding carboxylic acids is 1. The molecule has 0 aliphatic heterocycles. The van der Waals surface area contributed by atoms with Gasteiger partial charge < -0.3 is 15.5 Å². The van der Waals surface area contributed by atoms with Gasteiger partial charge in [-0.3, -0.25) is 4.79 Å². The summed E-state index contributed by atoms with van der Waals surface area (Å²) in [6.07, 6.45) is 0. The van der Waals surface area contributed by atoms with E-state index in [-0.39, 0.29) is 0 Å². The van der Waals surface area contributed by atoms with Crippen molar-refractivity contribution >= 4 is 22.6 Å². The van der Waals surface area contributed by atoms with E-state index in [9.17, 15) is 9.59 Å². The molecule has 0 radical (unpaired) electrons. The number of aliphatic carboxylic acids is 1. The van der Waals surface area contributed by atoms with Crippen LogP contribution in [0.1, 0.15) is 10.4 Å². The fourth-order valence-corrected chi connectivity index (χ4v) is 1.76. The van der Waals surface area contributed by atoms with E-state index in [0.29, 0.717) is 5.56 Å². The molecule has 5 heteroatoms. The molecule has 0 fully saturated rings. The number of carbonyl (C=O) groups is 2. The summed E-state index contributed by atoms with van der Waals surface area (Å²) in [7, 11) is 0. The molecule has 0 bridgehead atoms. The molecule has 1 amide bonds. The molecule has 0 saturated carbocycles. The highest BCUT2D eigenvalue weighted by atomic mass is 16.4. The van der Waals surface area contributed by atoms with E-state index in [1.807, 2.05) is 24.3 Å². The van der Waals surface area contributed by atoms with Gasteiger partial charge in [0.15, 0.2) is 6.04 Å². The number of benzene rings is 2. The molecule has 5 nitrogen and oxygen atoms in total. The number of nitrogens with one attached hydrogen (secondary N) is 1. The minimum absolute atomic E-state index is 0.360. The van der Waals surface area contributed by atoms with Gasteiger partial charge in [-0.05, 0) is 22.9 Å². The molecule has 19 heavy (non-hydrogen) atoms. The summed E-state index contributed by atoms with van der Waals surface area (Å²) in [6, 6.07) is 11.3. The Kier molecular flexibility index (Phi) is 3.77. The van der Waals surface area contributed by atoms with Gasteiger partial charge in [0.1, 0.15) is 0 Å². The zero-order valence-corrected chi connectivity index (χ0v) is 10.0. The minimum atomic E-state index is -1.29. The van der Waals surface area contributed by atoms with Crippen LogP contribution >= 0.6 is 0 Å². The molecule has 2 aromatic rings. The second-order valence-corrected chi connectivity index (χ2v) is 4.11. The van der Waals surface area contributed by atoms with Crippen LogP contribution < -0.4 is 5.32 Å². The number of carboxylic acid groups (broad SMARTS) is 1. The van der Waals surface area contributed by atoms with Gasteiger partial charge in [-0.2, -0.15) is 0 Å². The average Bonchev–Trinajstić information content (AvgIpc) is 2.43. The molecular weight excluding hydrogens is 246 g/mol. The van der Waals surface area contributed by atoms with E-state index in [0.717, 1.165) is 10.8 Å². The SMILES string of the molecule is O=C(N[C@H](CO)C(=O)O)c1ccc2ccccc2c1. The number of fused-ring (bicyclic) bond motifs is 1. The normalized spacial score (nSPS) is 12.1. The molecule has 0 saturated heterocycles. The molecular formula is C14H13NO4. The van der Waals surface area contributed by atoms with Gasteiger partial charge in [-0.15, -0.1) is 0 Å². The monoisotopic (exact) mass is 259 g/mol. The molecule has 0 aromatic heterocycles. The number of aliphatic hydroxyl groups is 1. The van der Waals surface area contributed by atoms with E-state index in [4.69, 9.17) is 10.2 Å². The van der Waals surface area contributed by atoms with Crippen molar-refractivity contribution in [2.45, 2.75) is 6.04 Å². The van der Waals surface area contributed by atoms with E-state index in [1.165, 1.54) is 0 Å². The standard InChI is InChI=1S/C14H13NO4/c16-8-12(14(18)19)15-13(17)11-6-5-9-3-1-2-4-10(9)7-11/h1-7,12,16H,8H2,(H,15,17)(H,18,19)/t12-/m1/s1. The lowest BCUT2D eigenvalue weighted by atomic mass is 10.1. The Bertz CT molecular complexity index is 624. The number of amides is 1. The predicted molar refractivity (Wildman–Crippen MR) is 69.9 cm³/mol. The summed E-state index contributed by atoms with van der Waals surface area (Å²) in [5.74, 6) is -1.79. The molecule has 2 rings (SSSR count). The molecule has 0 aliphatic rings. The second-order valence-electron chi connectivity index (χ2n) is 4.11. The Balaban J connectivity index is 2.24. The fraction of sp³-hybridized carbons (Fsp3) is 0.143. The lowest BCUT2D eigenvalue weighted by molar-refractivity contribution is -0.140. The van der Waals surface area contributed by atoms with E-state index in [2.05, 4.69) is 5.32 Å². The van der Waals surface area contributed by atoms with E-state index < -0.39 is 24.5 Å². The van der Waals surface area contributed by atoms with Crippen molar-refractivity contribution in [1.82, 2.24) is 5.32 Å². The van der Waals surface area contributed by atoms with Gasteiger partial charge in [0.25, 0.3) is 5.91 Å². The van der Waals surface area contributed by atoms with Crippen LogP contribution in [0.25, 0.3) is 10.8 Å². The van der Waals surface area contributed by atoms with Gasteiger partial charge in [0.2, 0.25) is 0 Å². The highest BCUT2D eigenvalue weighted by molar-refractivity contribution is 6.00. The average molecular weight is 259 g/mol. The molecule has 2 aromatic carbocycles. The zero-order valence-electron chi connectivity index (χ0n) is 10.0. The third kappa shape index (κ3) is 2.89. The summed E-state index contributed by atoms with van der Waals surface area (Å²) in [6.45, 7) is -0.644. The topological polar surface area (TPSA) is 86.6 Å². The maximum absolute atomic E-state index is 11.9. The largest absolute Gasteiger partial charge is 0.480 e. The van der Waals surface area contributed by atoms with E-state index in [1.54, 1.807) is 18.2 Å². The highest BCUT2D eigenvalue weighted by Crippen LogP contribution is 2.15. The molecule has 3 N–H and O–H groups in total. The first-order valence-corrected chi connectivity index (χ1v) is 5.75. The second kappa shape index (κ2) is 5.49. The van der Waals surface area contributed by atoms with Gasteiger partial charge in [0.05, 0.1) is 6.61 Å². The first-order chi connectivity index (χ1) is 9.11. The van der Waals surface area contributed by atoms with Crippen molar-refractivity contribution in [3.8, 4) is 0 Å². The lowest BCUT2D eigenvalue weighted by Gasteiger charge is -2.11. The summed E-state index contributed by atoms with van der Waals surface area (Å²) >= 11 is 0. The molecule has 1 atom stereocenters. The zero-order chi connectivity index (χ0) is 13.8. The quantitative estimate of drug-likeness (QED) is 0.765. The smallest absolute Gasteiger partial charge is 0.328 e. The fourth-order valence-electron chi connectivity index (χ4n) is 1.76. The van der Waals surface area contributed by atoms with Crippen LogP contribution in [0.3, 0.4) is 0 Å². The number of hydrogen-bond acceptors (Lipinski definition) is 3. The van der Waals surface area contributed by atoms with Crippen LogP contribution in [-0.4, -0.2) is 34.7 Å². The van der Waals surface area contributed by atoms with Crippen LogP contribution in [0.4, 0.5) is 0 Å². The minimum Gasteiger partial charge on any atom is -0.480 e. The van der Waals surface area contributed by atoms with Gasteiger partial charge >= 0.3 is 5.97 Å². The van der Waals surface area contributed by atoms with Crippen LogP contribution in [0.5, 0.6) is 0 Å². The first kappa shape index (κ1) is 13.0. The molecule has 98 valence electrons. The van der Waals surface area contributed by atoms with Crippen molar-refractivity contribution in [1.29, 1.82) is 0 Å². The predicted octanol–water partition coefficient (Wildman–Crippen LogP) is 1.02. The number of carboxylic acids is 1. The van der Waals surface area contributed by atoms with Crippen molar-refractivity contribution in [2.24, 2.45) is 0 Å². The number of rotatable bonds is 4. The maximum Gasteiger partial charge on any atom is 0.328 e. The van der Waals surface area contributed by atoms with Gasteiger partial charge in [0, 0.05) is 5.56 Å². The van der Waals surface area contributed by atoms with Crippen molar-refractivity contribution in [3.63, 3.8) is 0 Å². The van der Waals surface area contributed by atoms with Gasteiger partial charge in [-0.25, -0.2) is 4.79 Å². The molecule has 0 spiro atoms. The Labute approximate surface area is 109 Å². The Morgan fingerprint density at radius 2 is 1.79 bits per heavy atom. The Morgan fingerprint density at radius 1 is 1.11 bits per heavy atom. The van der Waals surface area contributed by atoms with Crippen LogP contribution in [-0.2, 0) is 4.79 Å². The van der Waals surface area contributed by atoms with Crippen molar-refractivity contribution in [2.75, 3.05) is 6.61 Å². The summed E-state index contributed by atoms with van der Waals surface area (Å²) < 4.78 is 0.